The topological polar surface area (TPSA) is 35.5 Å². The summed E-state index contributed by atoms with van der Waals surface area (Å²) in [7, 11) is 0. The molecule has 0 saturated carbocycles. The van der Waals surface area contributed by atoms with Gasteiger partial charge >= 0.3 is 0 Å². The third kappa shape index (κ3) is 3.62. The molecule has 0 aromatic heterocycles. The summed E-state index contributed by atoms with van der Waals surface area (Å²) < 4.78 is 11.5. The van der Waals surface area contributed by atoms with E-state index in [2.05, 4.69) is 42.5 Å². The number of allylic oxidation sites excluding steroid dienone is 1. The maximum absolute atomic E-state index is 13.0. The van der Waals surface area contributed by atoms with Crippen molar-refractivity contribution in [2.45, 2.75) is 39.4 Å². The lowest BCUT2D eigenvalue weighted by molar-refractivity contribution is -0.276. The van der Waals surface area contributed by atoms with Crippen LogP contribution in [0.2, 0.25) is 0 Å². The summed E-state index contributed by atoms with van der Waals surface area (Å²) in [4.78, 5) is 13.0. The first-order chi connectivity index (χ1) is 12.9. The van der Waals surface area contributed by atoms with E-state index in [0.717, 1.165) is 12.0 Å². The smallest absolute Gasteiger partial charge is 0.162 e. The molecule has 27 heavy (non-hydrogen) atoms. The first-order valence-electron chi connectivity index (χ1n) is 9.55. The first kappa shape index (κ1) is 18.1. The average Bonchev–Trinajstić information content (AvgIpc) is 3.13. The second-order valence-electron chi connectivity index (χ2n) is 8.32. The van der Waals surface area contributed by atoms with Gasteiger partial charge in [-0.2, -0.15) is 0 Å². The minimum atomic E-state index is -0.610. The number of ether oxygens (including phenoxy) is 2. The van der Waals surface area contributed by atoms with Crippen molar-refractivity contribution < 1.29 is 14.3 Å². The fourth-order valence-electron chi connectivity index (χ4n) is 3.72. The van der Waals surface area contributed by atoms with Crippen LogP contribution < -0.4 is 0 Å². The molecule has 1 fully saturated rings. The van der Waals surface area contributed by atoms with E-state index in [1.54, 1.807) is 0 Å². The van der Waals surface area contributed by atoms with Crippen LogP contribution in [-0.4, -0.2) is 24.8 Å². The Morgan fingerprint density at radius 3 is 2.56 bits per heavy atom. The van der Waals surface area contributed by atoms with Crippen LogP contribution in [0.3, 0.4) is 0 Å². The van der Waals surface area contributed by atoms with Crippen LogP contribution in [-0.2, 0) is 27.1 Å². The Balaban J connectivity index is 1.54. The molecule has 0 atom stereocenters. The van der Waals surface area contributed by atoms with Gasteiger partial charge in [-0.25, -0.2) is 0 Å². The van der Waals surface area contributed by atoms with Crippen LogP contribution in [0, 0.1) is 5.41 Å². The summed E-state index contributed by atoms with van der Waals surface area (Å²) in [6, 6.07) is 14.8. The molecule has 1 saturated heterocycles. The number of rotatable bonds is 4. The largest absolute Gasteiger partial charge is 0.349 e. The highest BCUT2D eigenvalue weighted by atomic mass is 16.7. The molecule has 0 bridgehead atoms. The van der Waals surface area contributed by atoms with Crippen molar-refractivity contribution >= 4 is 11.9 Å². The summed E-state index contributed by atoms with van der Waals surface area (Å²) in [5, 5.41) is 0. The summed E-state index contributed by atoms with van der Waals surface area (Å²) in [5.41, 5.74) is 5.52. The standard InChI is InChI=1S/C24H26O3/c1-23(2)26-15-24(3,16-27-23)22(25)14-17-7-4-10-19(13-17)21-12-6-9-18-8-5-11-20(18)21/h4-10,12-13H,11,14-16H2,1-3H3. The van der Waals surface area contributed by atoms with Gasteiger partial charge in [0.2, 0.25) is 0 Å². The van der Waals surface area contributed by atoms with E-state index < -0.39 is 11.2 Å². The Hall–Kier alpha value is -2.23. The van der Waals surface area contributed by atoms with E-state index in [1.165, 1.54) is 22.3 Å². The number of Topliss-reactive ketones (excluding diaryl/α,β-unsaturated/α-hetero) is 1. The number of fused-ring (bicyclic) bond motifs is 1. The van der Waals surface area contributed by atoms with Gasteiger partial charge in [-0.1, -0.05) is 54.6 Å². The number of benzene rings is 2. The molecular formula is C24H26O3. The Morgan fingerprint density at radius 1 is 1.04 bits per heavy atom. The number of ketones is 1. The molecule has 0 N–H and O–H groups in total. The van der Waals surface area contributed by atoms with E-state index in [1.807, 2.05) is 32.9 Å². The Morgan fingerprint density at radius 2 is 1.78 bits per heavy atom. The minimum Gasteiger partial charge on any atom is -0.349 e. The van der Waals surface area contributed by atoms with Gasteiger partial charge in [0.25, 0.3) is 0 Å². The van der Waals surface area contributed by atoms with Crippen molar-refractivity contribution in [3.05, 3.63) is 65.2 Å². The third-order valence-electron chi connectivity index (χ3n) is 5.58. The summed E-state index contributed by atoms with van der Waals surface area (Å²) in [5.74, 6) is -0.448. The maximum Gasteiger partial charge on any atom is 0.162 e. The molecule has 1 aliphatic heterocycles. The summed E-state index contributed by atoms with van der Waals surface area (Å²) in [6.07, 6.45) is 5.74. The fraction of sp³-hybridized carbons (Fsp3) is 0.375. The average molecular weight is 362 g/mol. The van der Waals surface area contributed by atoms with Crippen LogP contribution in [0.25, 0.3) is 17.2 Å². The quantitative estimate of drug-likeness (QED) is 0.782. The second kappa shape index (κ2) is 6.74. The van der Waals surface area contributed by atoms with Gasteiger partial charge in [0.1, 0.15) is 5.78 Å². The predicted octanol–water partition coefficient (Wildman–Crippen LogP) is 4.82. The highest BCUT2D eigenvalue weighted by Crippen LogP contribution is 2.33. The highest BCUT2D eigenvalue weighted by Gasteiger charge is 2.41. The van der Waals surface area contributed by atoms with Crippen molar-refractivity contribution in [3.63, 3.8) is 0 Å². The Kier molecular flexibility index (Phi) is 4.53. The SMILES string of the molecule is CC1(C)OCC(C)(C(=O)Cc2cccc(-c3cccc4c3CC=C4)c2)CO1. The number of carbonyl (C=O) groups is 1. The van der Waals surface area contributed by atoms with Gasteiger partial charge in [-0.05, 0) is 55.0 Å². The molecule has 2 aliphatic rings. The van der Waals surface area contributed by atoms with Crippen LogP contribution in [0.1, 0.15) is 37.5 Å². The molecule has 0 radical (unpaired) electrons. The van der Waals surface area contributed by atoms with Crippen molar-refractivity contribution in [2.75, 3.05) is 13.2 Å². The van der Waals surface area contributed by atoms with Crippen LogP contribution in [0.4, 0.5) is 0 Å². The molecule has 1 aliphatic carbocycles. The minimum absolute atomic E-state index is 0.162. The van der Waals surface area contributed by atoms with Gasteiger partial charge < -0.3 is 9.47 Å². The molecule has 2 aromatic carbocycles. The fourth-order valence-corrected chi connectivity index (χ4v) is 3.72. The van der Waals surface area contributed by atoms with Crippen LogP contribution in [0.15, 0.2) is 48.5 Å². The zero-order valence-corrected chi connectivity index (χ0v) is 16.2. The summed E-state index contributed by atoms with van der Waals surface area (Å²) in [6.45, 7) is 6.50. The zero-order chi connectivity index (χ0) is 19.1. The normalized spacial score (nSPS) is 19.7. The molecule has 0 unspecified atom stereocenters. The highest BCUT2D eigenvalue weighted by molar-refractivity contribution is 5.87. The van der Waals surface area contributed by atoms with Crippen molar-refractivity contribution in [2.24, 2.45) is 5.41 Å². The second-order valence-corrected chi connectivity index (χ2v) is 8.32. The lowest BCUT2D eigenvalue weighted by atomic mass is 9.83. The third-order valence-corrected chi connectivity index (χ3v) is 5.58. The molecule has 140 valence electrons. The van der Waals surface area contributed by atoms with Crippen LogP contribution >= 0.6 is 0 Å². The van der Waals surface area contributed by atoms with E-state index >= 15 is 0 Å². The van der Waals surface area contributed by atoms with Gasteiger partial charge in [-0.3, -0.25) is 4.79 Å². The summed E-state index contributed by atoms with van der Waals surface area (Å²) >= 11 is 0. The van der Waals surface area contributed by atoms with E-state index in [9.17, 15) is 4.79 Å². The van der Waals surface area contributed by atoms with Crippen LogP contribution in [0.5, 0.6) is 0 Å². The van der Waals surface area contributed by atoms with E-state index in [0.29, 0.717) is 19.6 Å². The molecule has 3 nitrogen and oxygen atoms in total. The number of hydrogen-bond acceptors (Lipinski definition) is 3. The molecule has 3 heteroatoms. The van der Waals surface area contributed by atoms with Gasteiger partial charge in [0.15, 0.2) is 5.79 Å². The van der Waals surface area contributed by atoms with Gasteiger partial charge in [-0.15, -0.1) is 0 Å². The van der Waals surface area contributed by atoms with Gasteiger partial charge in [0.05, 0.1) is 18.6 Å². The maximum atomic E-state index is 13.0. The Labute approximate surface area is 161 Å². The van der Waals surface area contributed by atoms with Gasteiger partial charge in [0, 0.05) is 6.42 Å². The van der Waals surface area contributed by atoms with E-state index in [4.69, 9.17) is 9.47 Å². The number of hydrogen-bond donors (Lipinski definition) is 0. The number of carbonyl (C=O) groups excluding carboxylic acids is 1. The first-order valence-corrected chi connectivity index (χ1v) is 9.55. The van der Waals surface area contributed by atoms with Crippen molar-refractivity contribution in [1.82, 2.24) is 0 Å². The molecule has 0 spiro atoms. The van der Waals surface area contributed by atoms with E-state index in [-0.39, 0.29) is 5.78 Å². The lowest BCUT2D eigenvalue weighted by Crippen LogP contribution is -2.49. The Bertz CT molecular complexity index is 898. The molecule has 0 amide bonds. The molecule has 1 heterocycles. The monoisotopic (exact) mass is 362 g/mol. The predicted molar refractivity (Wildman–Crippen MR) is 107 cm³/mol. The molecule has 4 rings (SSSR count). The van der Waals surface area contributed by atoms with Crippen molar-refractivity contribution in [1.29, 1.82) is 0 Å². The molecular weight excluding hydrogens is 336 g/mol. The molecule has 2 aromatic rings. The van der Waals surface area contributed by atoms with Crippen molar-refractivity contribution in [3.8, 4) is 11.1 Å². The zero-order valence-electron chi connectivity index (χ0n) is 16.2. The lowest BCUT2D eigenvalue weighted by Gasteiger charge is -2.40.